The summed E-state index contributed by atoms with van der Waals surface area (Å²) in [6, 6.07) is 15.7. The molecular weight excluding hydrogens is 354 g/mol. The molecule has 1 saturated heterocycles. The Bertz CT molecular complexity index is 756. The second kappa shape index (κ2) is 9.99. The molecule has 6 nitrogen and oxygen atoms in total. The Kier molecular flexibility index (Phi) is 7.14. The zero-order chi connectivity index (χ0) is 19.8. The highest BCUT2D eigenvalue weighted by Gasteiger charge is 2.14. The molecule has 0 spiro atoms. The largest absolute Gasteiger partial charge is 0.491 e. The maximum atomic E-state index is 12.2. The van der Waals surface area contributed by atoms with Gasteiger partial charge in [-0.25, -0.2) is 0 Å². The van der Waals surface area contributed by atoms with Crippen LogP contribution >= 0.6 is 0 Å². The van der Waals surface area contributed by atoms with Crippen LogP contribution in [0.4, 0.5) is 17.1 Å². The molecule has 1 aliphatic heterocycles. The number of carbonyl (C=O) groups excluding carboxylic acids is 1. The predicted octanol–water partition coefficient (Wildman–Crippen LogP) is 3.75. The van der Waals surface area contributed by atoms with Gasteiger partial charge in [-0.2, -0.15) is 0 Å². The van der Waals surface area contributed by atoms with Gasteiger partial charge in [0.05, 0.1) is 30.7 Å². The molecule has 0 atom stereocenters. The van der Waals surface area contributed by atoms with Crippen LogP contribution in [0.3, 0.4) is 0 Å². The summed E-state index contributed by atoms with van der Waals surface area (Å²) < 4.78 is 11.0. The van der Waals surface area contributed by atoms with E-state index in [2.05, 4.69) is 27.7 Å². The molecule has 0 bridgehead atoms. The maximum absolute atomic E-state index is 12.2. The number of hydrogen-bond acceptors (Lipinski definition) is 5. The van der Waals surface area contributed by atoms with Crippen molar-refractivity contribution in [1.29, 1.82) is 0 Å². The lowest BCUT2D eigenvalue weighted by molar-refractivity contribution is -0.115. The van der Waals surface area contributed by atoms with E-state index in [4.69, 9.17) is 9.47 Å². The third-order valence-electron chi connectivity index (χ3n) is 4.43. The fourth-order valence-electron chi connectivity index (χ4n) is 3.13. The Labute approximate surface area is 166 Å². The Morgan fingerprint density at radius 2 is 1.82 bits per heavy atom. The summed E-state index contributed by atoms with van der Waals surface area (Å²) in [6.07, 6.45) is 0.522. The molecule has 1 amide bonds. The number of carbonyl (C=O) groups is 1. The molecule has 0 aliphatic carbocycles. The molecule has 0 unspecified atom stereocenters. The summed E-state index contributed by atoms with van der Waals surface area (Å²) in [5, 5.41) is 6.32. The zero-order valence-electron chi connectivity index (χ0n) is 16.6. The number of nitrogens with one attached hydrogen (secondary N) is 2. The van der Waals surface area contributed by atoms with Gasteiger partial charge in [0.15, 0.2) is 0 Å². The van der Waals surface area contributed by atoms with E-state index in [1.807, 2.05) is 50.2 Å². The maximum Gasteiger partial charge on any atom is 0.226 e. The monoisotopic (exact) mass is 383 g/mol. The van der Waals surface area contributed by atoms with Crippen molar-refractivity contribution in [3.05, 3.63) is 48.5 Å². The van der Waals surface area contributed by atoms with Crippen LogP contribution in [0.1, 0.15) is 20.3 Å². The lowest BCUT2D eigenvalue weighted by Crippen LogP contribution is -2.36. The third-order valence-corrected chi connectivity index (χ3v) is 4.43. The van der Waals surface area contributed by atoms with Gasteiger partial charge in [0, 0.05) is 31.7 Å². The molecule has 3 rings (SSSR count). The van der Waals surface area contributed by atoms with Crippen LogP contribution in [-0.2, 0) is 9.53 Å². The number of ether oxygens (including phenoxy) is 2. The van der Waals surface area contributed by atoms with Crippen LogP contribution in [0.15, 0.2) is 48.5 Å². The highest BCUT2D eigenvalue weighted by molar-refractivity contribution is 5.91. The normalized spacial score (nSPS) is 14.0. The van der Waals surface area contributed by atoms with E-state index < -0.39 is 0 Å². The average Bonchev–Trinajstić information content (AvgIpc) is 2.70. The van der Waals surface area contributed by atoms with Gasteiger partial charge in [-0.1, -0.05) is 12.1 Å². The number of hydrogen-bond donors (Lipinski definition) is 2. The molecule has 150 valence electrons. The van der Waals surface area contributed by atoms with Gasteiger partial charge in [0.1, 0.15) is 5.75 Å². The topological polar surface area (TPSA) is 62.8 Å². The molecule has 6 heteroatoms. The van der Waals surface area contributed by atoms with Crippen molar-refractivity contribution in [1.82, 2.24) is 0 Å². The number of anilines is 3. The first-order chi connectivity index (χ1) is 13.6. The number of benzene rings is 2. The van der Waals surface area contributed by atoms with Crippen molar-refractivity contribution in [2.75, 3.05) is 48.4 Å². The number of amides is 1. The van der Waals surface area contributed by atoms with Gasteiger partial charge in [-0.3, -0.25) is 4.79 Å². The van der Waals surface area contributed by atoms with Crippen molar-refractivity contribution >= 4 is 23.0 Å². The van der Waals surface area contributed by atoms with E-state index in [9.17, 15) is 4.79 Å². The Morgan fingerprint density at radius 3 is 2.54 bits per heavy atom. The first-order valence-corrected chi connectivity index (χ1v) is 9.84. The summed E-state index contributed by atoms with van der Waals surface area (Å²) in [5.74, 6) is 0.781. The van der Waals surface area contributed by atoms with E-state index in [-0.39, 0.29) is 12.0 Å². The van der Waals surface area contributed by atoms with Crippen LogP contribution in [0, 0.1) is 0 Å². The summed E-state index contributed by atoms with van der Waals surface area (Å²) in [6.45, 7) is 7.81. The van der Waals surface area contributed by atoms with Gasteiger partial charge < -0.3 is 25.0 Å². The zero-order valence-corrected chi connectivity index (χ0v) is 16.6. The number of rotatable bonds is 8. The molecule has 2 aromatic rings. The second-order valence-corrected chi connectivity index (χ2v) is 7.03. The molecule has 1 aliphatic rings. The highest BCUT2D eigenvalue weighted by atomic mass is 16.5. The number of nitrogens with zero attached hydrogens (tertiary/aromatic N) is 1. The van der Waals surface area contributed by atoms with Gasteiger partial charge in [-0.05, 0) is 50.2 Å². The molecule has 2 aromatic carbocycles. The van der Waals surface area contributed by atoms with Crippen LogP contribution in [-0.4, -0.2) is 44.9 Å². The molecule has 1 fully saturated rings. The minimum atomic E-state index is -0.0196. The summed E-state index contributed by atoms with van der Waals surface area (Å²) >= 11 is 0. The van der Waals surface area contributed by atoms with Crippen molar-refractivity contribution in [2.24, 2.45) is 0 Å². The van der Waals surface area contributed by atoms with E-state index in [1.54, 1.807) is 0 Å². The Hall–Kier alpha value is -2.73. The molecule has 0 aromatic heterocycles. The van der Waals surface area contributed by atoms with Crippen LogP contribution in [0.25, 0.3) is 0 Å². The predicted molar refractivity (Wildman–Crippen MR) is 113 cm³/mol. The summed E-state index contributed by atoms with van der Waals surface area (Å²) in [7, 11) is 0. The van der Waals surface area contributed by atoms with Crippen LogP contribution < -0.4 is 20.3 Å². The van der Waals surface area contributed by atoms with Gasteiger partial charge in [0.2, 0.25) is 5.91 Å². The SMILES string of the molecule is CC(C)Oc1ccc(NC(=O)CCNc2ccccc2N2CCOCC2)cc1. The molecule has 0 saturated carbocycles. The Balaban J connectivity index is 1.48. The molecule has 0 radical (unpaired) electrons. The minimum Gasteiger partial charge on any atom is -0.491 e. The van der Waals surface area contributed by atoms with Gasteiger partial charge >= 0.3 is 0 Å². The fraction of sp³-hybridized carbons (Fsp3) is 0.409. The number of morpholine rings is 1. The van der Waals surface area contributed by atoms with Gasteiger partial charge in [-0.15, -0.1) is 0 Å². The molecular formula is C22H29N3O3. The van der Waals surface area contributed by atoms with E-state index in [1.165, 1.54) is 0 Å². The standard InChI is InChI=1S/C22H29N3O3/c1-17(2)28-19-9-7-18(8-10-19)24-22(26)11-12-23-20-5-3-4-6-21(20)25-13-15-27-16-14-25/h3-10,17,23H,11-16H2,1-2H3,(H,24,26). The van der Waals surface area contributed by atoms with Crippen LogP contribution in [0.5, 0.6) is 5.75 Å². The van der Waals surface area contributed by atoms with Crippen LogP contribution in [0.2, 0.25) is 0 Å². The summed E-state index contributed by atoms with van der Waals surface area (Å²) in [4.78, 5) is 14.6. The molecule has 2 N–H and O–H groups in total. The smallest absolute Gasteiger partial charge is 0.226 e. The average molecular weight is 383 g/mol. The summed E-state index contributed by atoms with van der Waals surface area (Å²) in [5.41, 5.74) is 2.98. The van der Waals surface area contributed by atoms with Crippen molar-refractivity contribution in [2.45, 2.75) is 26.4 Å². The molecule has 28 heavy (non-hydrogen) atoms. The quantitative estimate of drug-likeness (QED) is 0.727. The van der Waals surface area contributed by atoms with E-state index in [0.29, 0.717) is 13.0 Å². The minimum absolute atomic E-state index is 0.0196. The van der Waals surface area contributed by atoms with Gasteiger partial charge in [0.25, 0.3) is 0 Å². The lowest BCUT2D eigenvalue weighted by atomic mass is 10.2. The molecule has 1 heterocycles. The second-order valence-electron chi connectivity index (χ2n) is 7.03. The van der Waals surface area contributed by atoms with Crippen molar-refractivity contribution in [3.63, 3.8) is 0 Å². The van der Waals surface area contributed by atoms with Crippen molar-refractivity contribution < 1.29 is 14.3 Å². The van der Waals surface area contributed by atoms with E-state index >= 15 is 0 Å². The highest BCUT2D eigenvalue weighted by Crippen LogP contribution is 2.26. The first kappa shape index (κ1) is 20.0. The fourth-order valence-corrected chi connectivity index (χ4v) is 3.13. The lowest BCUT2D eigenvalue weighted by Gasteiger charge is -2.30. The third kappa shape index (κ3) is 5.89. The first-order valence-electron chi connectivity index (χ1n) is 9.84. The Morgan fingerprint density at radius 1 is 1.11 bits per heavy atom. The van der Waals surface area contributed by atoms with Crippen molar-refractivity contribution in [3.8, 4) is 5.75 Å². The van der Waals surface area contributed by atoms with E-state index in [0.717, 1.165) is 49.1 Å². The number of para-hydroxylation sites is 2.